The molecule has 2 atom stereocenters. The van der Waals surface area contributed by atoms with Gasteiger partial charge in [0.2, 0.25) is 5.91 Å². The van der Waals surface area contributed by atoms with Crippen LogP contribution in [-0.4, -0.2) is 66.6 Å². The number of carbonyl (C=O) groups is 2. The van der Waals surface area contributed by atoms with Crippen LogP contribution in [0, 0.1) is 5.92 Å². The maximum atomic E-state index is 12.2. The minimum Gasteiger partial charge on any atom is -0.493 e. The highest BCUT2D eigenvalue weighted by Gasteiger charge is 2.33. The number of rotatable bonds is 8. The van der Waals surface area contributed by atoms with Crippen LogP contribution in [0.3, 0.4) is 0 Å². The molecule has 2 amide bonds. The normalized spacial score (nSPS) is 21.2. The van der Waals surface area contributed by atoms with Crippen LogP contribution in [0.1, 0.15) is 32.4 Å². The summed E-state index contributed by atoms with van der Waals surface area (Å²) < 4.78 is 11.1. The molecule has 1 unspecified atom stereocenters. The van der Waals surface area contributed by atoms with Crippen molar-refractivity contribution >= 4 is 18.2 Å². The van der Waals surface area contributed by atoms with E-state index in [1.807, 2.05) is 38.1 Å². The van der Waals surface area contributed by atoms with Gasteiger partial charge in [0.1, 0.15) is 18.2 Å². The highest BCUT2D eigenvalue weighted by molar-refractivity contribution is 5.87. The van der Waals surface area contributed by atoms with Gasteiger partial charge in [-0.1, -0.05) is 18.7 Å². The summed E-state index contributed by atoms with van der Waals surface area (Å²) in [6.07, 6.45) is 2.40. The van der Waals surface area contributed by atoms with Gasteiger partial charge >= 0.3 is 6.09 Å². The zero-order chi connectivity index (χ0) is 23.5. The maximum Gasteiger partial charge on any atom is 0.416 e. The lowest BCUT2D eigenvalue weighted by molar-refractivity contribution is -0.132. The van der Waals surface area contributed by atoms with Crippen LogP contribution in [0.5, 0.6) is 5.75 Å². The first-order chi connectivity index (χ1) is 15.9. The van der Waals surface area contributed by atoms with Gasteiger partial charge in [-0.3, -0.25) is 20.0 Å². The first-order valence-electron chi connectivity index (χ1n) is 11.2. The predicted octanol–water partition coefficient (Wildman–Crippen LogP) is 2.39. The molecule has 2 N–H and O–H groups in total. The highest BCUT2D eigenvalue weighted by Crippen LogP contribution is 2.24. The van der Waals surface area contributed by atoms with E-state index in [9.17, 15) is 9.59 Å². The van der Waals surface area contributed by atoms with E-state index in [1.54, 1.807) is 16.0 Å². The third-order valence-electron chi connectivity index (χ3n) is 5.98. The number of ether oxygens (including phenoxy) is 2. The Bertz CT molecular complexity index is 966. The summed E-state index contributed by atoms with van der Waals surface area (Å²) >= 11 is 0. The summed E-state index contributed by atoms with van der Waals surface area (Å²) in [5.41, 5.74) is 1.95. The van der Waals surface area contributed by atoms with Crippen LogP contribution in [-0.2, 0) is 9.53 Å². The molecule has 33 heavy (non-hydrogen) atoms. The van der Waals surface area contributed by atoms with Crippen LogP contribution in [0.15, 0.2) is 53.3 Å². The van der Waals surface area contributed by atoms with Gasteiger partial charge in [-0.2, -0.15) is 0 Å². The quantitative estimate of drug-likeness (QED) is 0.587. The van der Waals surface area contributed by atoms with Crippen LogP contribution < -0.4 is 15.4 Å². The van der Waals surface area contributed by atoms with Gasteiger partial charge in [-0.25, -0.2) is 4.79 Å². The van der Waals surface area contributed by atoms with E-state index < -0.39 is 0 Å². The van der Waals surface area contributed by atoms with E-state index in [0.29, 0.717) is 25.6 Å². The Morgan fingerprint density at radius 1 is 1.33 bits per heavy atom. The molecule has 0 bridgehead atoms. The minimum absolute atomic E-state index is 0.0176. The van der Waals surface area contributed by atoms with Crippen LogP contribution in [0.4, 0.5) is 4.79 Å². The Morgan fingerprint density at radius 3 is 2.73 bits per heavy atom. The van der Waals surface area contributed by atoms with Gasteiger partial charge in [0.25, 0.3) is 0 Å². The van der Waals surface area contributed by atoms with Crippen molar-refractivity contribution in [3.8, 4) is 5.75 Å². The summed E-state index contributed by atoms with van der Waals surface area (Å²) in [5.74, 6) is 1.87. The summed E-state index contributed by atoms with van der Waals surface area (Å²) in [4.78, 5) is 31.6. The van der Waals surface area contributed by atoms with E-state index in [0.717, 1.165) is 22.7 Å². The van der Waals surface area contributed by atoms with Crippen molar-refractivity contribution in [1.29, 1.82) is 0 Å². The molecule has 1 aromatic rings. The molecule has 3 heterocycles. The van der Waals surface area contributed by atoms with Crippen molar-refractivity contribution in [2.24, 2.45) is 10.9 Å². The summed E-state index contributed by atoms with van der Waals surface area (Å²) in [6, 6.07) is 7.94. The van der Waals surface area contributed by atoms with Gasteiger partial charge < -0.3 is 19.7 Å². The fourth-order valence-electron chi connectivity index (χ4n) is 4.05. The fourth-order valence-corrected chi connectivity index (χ4v) is 4.05. The second-order valence-electron chi connectivity index (χ2n) is 8.80. The zero-order valence-electron chi connectivity index (χ0n) is 19.3. The fraction of sp³-hybridized carbons (Fsp3) is 0.458. The average molecular weight is 454 g/mol. The van der Waals surface area contributed by atoms with E-state index in [-0.39, 0.29) is 37.0 Å². The molecule has 9 nitrogen and oxygen atoms in total. The number of nitrogens with one attached hydrogen (secondary N) is 2. The lowest BCUT2D eigenvalue weighted by atomic mass is 10.0. The third-order valence-corrected chi connectivity index (χ3v) is 5.98. The number of hydrogen-bond donors (Lipinski definition) is 2. The molecule has 1 aromatic carbocycles. The number of benzene rings is 1. The van der Waals surface area contributed by atoms with E-state index in [2.05, 4.69) is 29.1 Å². The molecule has 0 spiro atoms. The third kappa shape index (κ3) is 5.03. The summed E-state index contributed by atoms with van der Waals surface area (Å²) in [7, 11) is 0. The number of hydrogen-bond acceptors (Lipinski definition) is 7. The van der Waals surface area contributed by atoms with E-state index >= 15 is 0 Å². The average Bonchev–Trinajstić information content (AvgIpc) is 2.77. The number of likely N-dealkylation sites (tertiary alicyclic amines) is 1. The Hall–Kier alpha value is -3.33. The molecule has 4 rings (SSSR count). The Morgan fingerprint density at radius 2 is 2.06 bits per heavy atom. The molecule has 0 aromatic heterocycles. The molecule has 3 aliphatic heterocycles. The molecule has 3 aliphatic rings. The molecule has 1 saturated heterocycles. The Kier molecular flexibility index (Phi) is 6.69. The van der Waals surface area contributed by atoms with Gasteiger partial charge in [0, 0.05) is 42.9 Å². The van der Waals surface area contributed by atoms with Crippen molar-refractivity contribution < 1.29 is 19.1 Å². The molecular formula is C24H31N5O4. The van der Waals surface area contributed by atoms with Crippen LogP contribution >= 0.6 is 0 Å². The monoisotopic (exact) mass is 453 g/mol. The van der Waals surface area contributed by atoms with Crippen molar-refractivity contribution in [3.63, 3.8) is 0 Å². The SMILES string of the molecule is C=CC(=O)N1CC(COc2ccc([C@H](C)NC3N=CC4=C(N3)N(C(C)C)C(=O)OC4)cc2)C1. The summed E-state index contributed by atoms with van der Waals surface area (Å²) in [5, 5.41) is 6.77. The lowest BCUT2D eigenvalue weighted by Crippen LogP contribution is -2.53. The van der Waals surface area contributed by atoms with Gasteiger partial charge in [-0.05, 0) is 44.5 Å². The number of nitrogens with zero attached hydrogens (tertiary/aromatic N) is 3. The first kappa shape index (κ1) is 22.8. The second-order valence-corrected chi connectivity index (χ2v) is 8.80. The summed E-state index contributed by atoms with van der Waals surface area (Å²) in [6.45, 7) is 11.7. The molecule has 0 aliphatic carbocycles. The highest BCUT2D eigenvalue weighted by atomic mass is 16.6. The number of cyclic esters (lactones) is 1. The predicted molar refractivity (Wildman–Crippen MR) is 125 cm³/mol. The minimum atomic E-state index is -0.360. The van der Waals surface area contributed by atoms with Crippen LogP contribution in [0.2, 0.25) is 0 Å². The first-order valence-corrected chi connectivity index (χ1v) is 11.2. The van der Waals surface area contributed by atoms with Crippen molar-refractivity contribution in [3.05, 3.63) is 53.9 Å². The van der Waals surface area contributed by atoms with Crippen LogP contribution in [0.25, 0.3) is 0 Å². The topological polar surface area (TPSA) is 95.5 Å². The van der Waals surface area contributed by atoms with Gasteiger partial charge in [-0.15, -0.1) is 0 Å². The Balaban J connectivity index is 1.28. The van der Waals surface area contributed by atoms with Gasteiger partial charge in [0.05, 0.1) is 6.61 Å². The second kappa shape index (κ2) is 9.66. The molecule has 0 radical (unpaired) electrons. The maximum absolute atomic E-state index is 12.2. The van der Waals surface area contributed by atoms with Crippen molar-refractivity contribution in [2.75, 3.05) is 26.3 Å². The molecule has 0 saturated carbocycles. The van der Waals surface area contributed by atoms with E-state index in [1.165, 1.54) is 6.08 Å². The smallest absolute Gasteiger partial charge is 0.416 e. The number of carbonyl (C=O) groups excluding carboxylic acids is 2. The van der Waals surface area contributed by atoms with Crippen molar-refractivity contribution in [1.82, 2.24) is 20.4 Å². The Labute approximate surface area is 194 Å². The molecule has 1 fully saturated rings. The lowest BCUT2D eigenvalue weighted by Gasteiger charge is -2.38. The van der Waals surface area contributed by atoms with Gasteiger partial charge in [0.15, 0.2) is 6.29 Å². The molecular weight excluding hydrogens is 422 g/mol. The largest absolute Gasteiger partial charge is 0.493 e. The number of aliphatic imine (C=N–C) groups is 1. The number of amides is 2. The van der Waals surface area contributed by atoms with Crippen molar-refractivity contribution in [2.45, 2.75) is 39.1 Å². The zero-order valence-corrected chi connectivity index (χ0v) is 19.3. The van der Waals surface area contributed by atoms with E-state index in [4.69, 9.17) is 9.47 Å². The molecule has 176 valence electrons. The standard InChI is InChI=1S/C24H31N5O4/c1-5-21(30)28-11-17(12-28)13-32-20-8-6-18(7-9-20)16(4)26-23-25-10-19-14-33-24(31)29(15(2)3)22(19)27-23/h5-10,15-17,23,26-27H,1,11-14H2,2-4H3/t16-,23?/m0/s1. The molecule has 9 heteroatoms.